The highest BCUT2D eigenvalue weighted by Gasteiger charge is 2.30. The SMILES string of the molecule is CCN1C(=O)COc2cc(NC(=O)C3CC3)ccc21. The predicted molar refractivity (Wildman–Crippen MR) is 71.3 cm³/mol. The molecule has 1 saturated carbocycles. The van der Waals surface area contributed by atoms with E-state index < -0.39 is 0 Å². The Labute approximate surface area is 111 Å². The lowest BCUT2D eigenvalue weighted by molar-refractivity contribution is -0.121. The number of nitrogens with zero attached hydrogens (tertiary/aromatic N) is 1. The van der Waals surface area contributed by atoms with Gasteiger partial charge in [0.2, 0.25) is 5.91 Å². The lowest BCUT2D eigenvalue weighted by atomic mass is 10.2. The van der Waals surface area contributed by atoms with Crippen LogP contribution in [0.4, 0.5) is 11.4 Å². The lowest BCUT2D eigenvalue weighted by Gasteiger charge is -2.28. The van der Waals surface area contributed by atoms with E-state index in [1.54, 1.807) is 11.0 Å². The Bertz CT molecular complexity index is 537. The molecule has 1 heterocycles. The maximum atomic E-state index is 11.7. The normalized spacial score (nSPS) is 17.7. The molecule has 2 amide bonds. The second kappa shape index (κ2) is 4.57. The molecule has 0 unspecified atom stereocenters. The average molecular weight is 260 g/mol. The third-order valence-electron chi connectivity index (χ3n) is 3.43. The predicted octanol–water partition coefficient (Wildman–Crippen LogP) is 1.78. The van der Waals surface area contributed by atoms with Gasteiger partial charge in [0.15, 0.2) is 6.61 Å². The number of carbonyl (C=O) groups excluding carboxylic acids is 2. The number of ether oxygens (including phenoxy) is 1. The maximum absolute atomic E-state index is 11.7. The highest BCUT2D eigenvalue weighted by molar-refractivity contribution is 5.99. The number of amides is 2. The van der Waals surface area contributed by atoms with Crippen molar-refractivity contribution in [2.75, 3.05) is 23.4 Å². The first-order valence-corrected chi connectivity index (χ1v) is 6.57. The molecule has 0 saturated heterocycles. The Morgan fingerprint density at radius 2 is 2.26 bits per heavy atom. The van der Waals surface area contributed by atoms with Crippen LogP contribution in [-0.2, 0) is 9.59 Å². The van der Waals surface area contributed by atoms with Crippen molar-refractivity contribution in [1.82, 2.24) is 0 Å². The van der Waals surface area contributed by atoms with E-state index in [4.69, 9.17) is 4.74 Å². The molecule has 1 fully saturated rings. The van der Waals surface area contributed by atoms with E-state index in [9.17, 15) is 9.59 Å². The molecule has 5 heteroatoms. The summed E-state index contributed by atoms with van der Waals surface area (Å²) in [6, 6.07) is 5.41. The number of benzene rings is 1. The number of carbonyl (C=O) groups is 2. The molecule has 2 aliphatic rings. The number of likely N-dealkylation sites (N-methyl/N-ethyl adjacent to an activating group) is 1. The highest BCUT2D eigenvalue weighted by atomic mass is 16.5. The molecule has 1 N–H and O–H groups in total. The molecule has 0 radical (unpaired) electrons. The van der Waals surface area contributed by atoms with E-state index in [0.29, 0.717) is 12.3 Å². The first-order valence-electron chi connectivity index (χ1n) is 6.57. The second-order valence-corrected chi connectivity index (χ2v) is 4.87. The van der Waals surface area contributed by atoms with E-state index >= 15 is 0 Å². The fourth-order valence-electron chi connectivity index (χ4n) is 2.22. The quantitative estimate of drug-likeness (QED) is 0.901. The second-order valence-electron chi connectivity index (χ2n) is 4.87. The summed E-state index contributed by atoms with van der Waals surface area (Å²) in [5.74, 6) is 0.852. The largest absolute Gasteiger partial charge is 0.481 e. The van der Waals surface area contributed by atoms with Gasteiger partial charge in [-0.2, -0.15) is 0 Å². The van der Waals surface area contributed by atoms with Crippen molar-refractivity contribution < 1.29 is 14.3 Å². The van der Waals surface area contributed by atoms with Crippen molar-refractivity contribution in [2.45, 2.75) is 19.8 Å². The van der Waals surface area contributed by atoms with E-state index in [1.807, 2.05) is 19.1 Å². The Kier molecular flexibility index (Phi) is 2.89. The van der Waals surface area contributed by atoms with Gasteiger partial charge in [-0.1, -0.05) is 0 Å². The topological polar surface area (TPSA) is 58.6 Å². The van der Waals surface area contributed by atoms with Crippen LogP contribution in [0.1, 0.15) is 19.8 Å². The fraction of sp³-hybridized carbons (Fsp3) is 0.429. The molecule has 1 aliphatic heterocycles. The highest BCUT2D eigenvalue weighted by Crippen LogP contribution is 2.35. The summed E-state index contributed by atoms with van der Waals surface area (Å²) >= 11 is 0. The van der Waals surface area contributed by atoms with Gasteiger partial charge in [-0.15, -0.1) is 0 Å². The van der Waals surface area contributed by atoms with Crippen LogP contribution in [0.2, 0.25) is 0 Å². The van der Waals surface area contributed by atoms with Gasteiger partial charge in [0.1, 0.15) is 5.75 Å². The smallest absolute Gasteiger partial charge is 0.265 e. The van der Waals surface area contributed by atoms with Crippen molar-refractivity contribution in [2.24, 2.45) is 5.92 Å². The van der Waals surface area contributed by atoms with Crippen molar-refractivity contribution in [3.05, 3.63) is 18.2 Å². The van der Waals surface area contributed by atoms with Gasteiger partial charge in [-0.25, -0.2) is 0 Å². The van der Waals surface area contributed by atoms with Gasteiger partial charge < -0.3 is 15.0 Å². The molecule has 0 atom stereocenters. The summed E-state index contributed by atoms with van der Waals surface area (Å²) in [7, 11) is 0. The van der Waals surface area contributed by atoms with Crippen molar-refractivity contribution in [3.8, 4) is 5.75 Å². The van der Waals surface area contributed by atoms with E-state index in [2.05, 4.69) is 5.32 Å². The zero-order chi connectivity index (χ0) is 13.4. The van der Waals surface area contributed by atoms with Gasteiger partial charge >= 0.3 is 0 Å². The number of hydrogen-bond donors (Lipinski definition) is 1. The Balaban J connectivity index is 1.83. The van der Waals surface area contributed by atoms with E-state index in [0.717, 1.165) is 24.2 Å². The fourth-order valence-corrected chi connectivity index (χ4v) is 2.22. The monoisotopic (exact) mass is 260 g/mol. The molecule has 0 aromatic heterocycles. The summed E-state index contributed by atoms with van der Waals surface area (Å²) in [6.45, 7) is 2.60. The van der Waals surface area contributed by atoms with Crippen molar-refractivity contribution in [3.63, 3.8) is 0 Å². The lowest BCUT2D eigenvalue weighted by Crippen LogP contribution is -2.38. The Morgan fingerprint density at radius 1 is 1.47 bits per heavy atom. The molecule has 1 aromatic rings. The zero-order valence-corrected chi connectivity index (χ0v) is 10.8. The molecule has 3 rings (SSSR count). The number of nitrogens with one attached hydrogen (secondary N) is 1. The number of fused-ring (bicyclic) bond motifs is 1. The van der Waals surface area contributed by atoms with Crippen LogP contribution in [0.25, 0.3) is 0 Å². The van der Waals surface area contributed by atoms with Gasteiger partial charge in [0.05, 0.1) is 5.69 Å². The first kappa shape index (κ1) is 12.0. The van der Waals surface area contributed by atoms with Crippen LogP contribution in [0, 0.1) is 5.92 Å². The number of rotatable bonds is 3. The minimum Gasteiger partial charge on any atom is -0.481 e. The van der Waals surface area contributed by atoms with Gasteiger partial charge in [0, 0.05) is 24.2 Å². The van der Waals surface area contributed by atoms with Crippen LogP contribution < -0.4 is 15.0 Å². The van der Waals surface area contributed by atoms with E-state index in [-0.39, 0.29) is 24.3 Å². The molecule has 100 valence electrons. The minimum absolute atomic E-state index is 0.0373. The average Bonchev–Trinajstić information content (AvgIpc) is 3.23. The van der Waals surface area contributed by atoms with Crippen LogP contribution in [0.3, 0.4) is 0 Å². The summed E-state index contributed by atoms with van der Waals surface area (Å²) in [5.41, 5.74) is 1.49. The summed E-state index contributed by atoms with van der Waals surface area (Å²) in [5, 5.41) is 2.88. The molecule has 5 nitrogen and oxygen atoms in total. The van der Waals surface area contributed by atoms with Crippen LogP contribution >= 0.6 is 0 Å². The molecule has 1 aromatic carbocycles. The van der Waals surface area contributed by atoms with Gasteiger partial charge in [0.25, 0.3) is 5.91 Å². The van der Waals surface area contributed by atoms with Crippen LogP contribution in [0.15, 0.2) is 18.2 Å². The Morgan fingerprint density at radius 3 is 2.95 bits per heavy atom. The Hall–Kier alpha value is -2.04. The molecule has 19 heavy (non-hydrogen) atoms. The third kappa shape index (κ3) is 2.28. The van der Waals surface area contributed by atoms with Crippen LogP contribution in [0.5, 0.6) is 5.75 Å². The summed E-state index contributed by atoms with van der Waals surface area (Å²) in [6.07, 6.45) is 1.96. The number of anilines is 2. The molecular weight excluding hydrogens is 244 g/mol. The minimum atomic E-state index is -0.0373. The third-order valence-corrected chi connectivity index (χ3v) is 3.43. The first-order chi connectivity index (χ1) is 9.19. The standard InChI is InChI=1S/C14H16N2O3/c1-2-16-11-6-5-10(15-14(18)9-3-4-9)7-12(11)19-8-13(16)17/h5-7,9H,2-4,8H2,1H3,(H,15,18). The van der Waals surface area contributed by atoms with E-state index in [1.165, 1.54) is 0 Å². The van der Waals surface area contributed by atoms with Crippen molar-refractivity contribution >= 4 is 23.2 Å². The summed E-state index contributed by atoms with van der Waals surface area (Å²) < 4.78 is 5.42. The molecule has 1 aliphatic carbocycles. The molecule has 0 bridgehead atoms. The van der Waals surface area contributed by atoms with Crippen LogP contribution in [-0.4, -0.2) is 25.0 Å². The van der Waals surface area contributed by atoms with Crippen molar-refractivity contribution in [1.29, 1.82) is 0 Å². The number of hydrogen-bond acceptors (Lipinski definition) is 3. The summed E-state index contributed by atoms with van der Waals surface area (Å²) in [4.78, 5) is 25.1. The molecular formula is C14H16N2O3. The van der Waals surface area contributed by atoms with Gasteiger partial charge in [-0.3, -0.25) is 9.59 Å². The maximum Gasteiger partial charge on any atom is 0.265 e. The van der Waals surface area contributed by atoms with Gasteiger partial charge in [-0.05, 0) is 31.9 Å². The molecule has 0 spiro atoms. The zero-order valence-electron chi connectivity index (χ0n) is 10.8.